The number of nitrogens with one attached hydrogen (secondary N) is 1. The van der Waals surface area contributed by atoms with Gasteiger partial charge in [-0.2, -0.15) is 35.5 Å². The average Bonchev–Trinajstić information content (AvgIpc) is 3.10. The van der Waals surface area contributed by atoms with E-state index in [1.54, 1.807) is 11.6 Å². The van der Waals surface area contributed by atoms with Crippen LogP contribution in [-0.2, 0) is 6.42 Å². The number of halogens is 1. The van der Waals surface area contributed by atoms with Crippen molar-refractivity contribution in [3.05, 3.63) is 41.5 Å². The van der Waals surface area contributed by atoms with Crippen LogP contribution in [-0.4, -0.2) is 39.5 Å². The highest BCUT2D eigenvalue weighted by Gasteiger charge is 2.40. The molecule has 10 heteroatoms. The first kappa shape index (κ1) is 24.6. The summed E-state index contributed by atoms with van der Waals surface area (Å²) in [5, 5.41) is 16.1. The summed E-state index contributed by atoms with van der Waals surface area (Å²) in [6.07, 6.45) is 10.4. The lowest BCUT2D eigenvalue weighted by Gasteiger charge is -2.47. The number of benzene rings is 1. The molecule has 35 heavy (non-hydrogen) atoms. The minimum atomic E-state index is -1.12. The van der Waals surface area contributed by atoms with Crippen LogP contribution in [0.5, 0.6) is 0 Å². The third kappa shape index (κ3) is 5.10. The fourth-order valence-electron chi connectivity index (χ4n) is 5.59. The van der Waals surface area contributed by atoms with E-state index in [9.17, 15) is 0 Å². The summed E-state index contributed by atoms with van der Waals surface area (Å²) in [7, 11) is 7.76. The Morgan fingerprint density at radius 2 is 2.00 bits per heavy atom. The summed E-state index contributed by atoms with van der Waals surface area (Å²) in [5.74, 6) is 0.0944. The number of rotatable bonds is 6. The van der Waals surface area contributed by atoms with E-state index in [-0.39, 0.29) is 12.2 Å². The van der Waals surface area contributed by atoms with Gasteiger partial charge < -0.3 is 5.32 Å². The molecule has 0 atom stereocenters. The number of thiol groups is 2. The van der Waals surface area contributed by atoms with Crippen molar-refractivity contribution < 1.29 is 4.39 Å². The van der Waals surface area contributed by atoms with Gasteiger partial charge in [0, 0.05) is 29.1 Å². The Bertz CT molecular complexity index is 1270. The Morgan fingerprint density at radius 1 is 1.26 bits per heavy atom. The van der Waals surface area contributed by atoms with Gasteiger partial charge in [0.25, 0.3) is 0 Å². The SMILES string of the molecule is [B]C(S)(S)Cc1nc(NC2CCC3(CCC3)CC2)nn2cc(F)c(-c3ccc(N=NC)c(C)c3)c12. The van der Waals surface area contributed by atoms with Gasteiger partial charge in [-0.1, -0.05) is 12.5 Å². The highest BCUT2D eigenvalue weighted by Crippen LogP contribution is 2.51. The number of anilines is 1. The highest BCUT2D eigenvalue weighted by molar-refractivity contribution is 8.02. The first-order valence-corrected chi connectivity index (χ1v) is 13.0. The standard InChI is InChI=1S/C25H30BFN6S2/c1-15-12-16(4-5-19(15)31-28-2)21-18(27)14-33-22(21)20(13-25(26,34)35)30-23(32-33)29-17-6-10-24(11-7-17)8-3-9-24/h4-5,12,14,17,34-35H,3,6-11,13H2,1-2H3,(H,29,32). The van der Waals surface area contributed by atoms with Crippen molar-refractivity contribution in [3.63, 3.8) is 0 Å². The van der Waals surface area contributed by atoms with Crippen molar-refractivity contribution in [2.75, 3.05) is 12.4 Å². The minimum Gasteiger partial charge on any atom is -0.350 e. The lowest BCUT2D eigenvalue weighted by Crippen LogP contribution is -2.38. The molecule has 0 unspecified atom stereocenters. The van der Waals surface area contributed by atoms with E-state index in [4.69, 9.17) is 12.8 Å². The largest absolute Gasteiger partial charge is 0.350 e. The topological polar surface area (TPSA) is 66.9 Å². The Labute approximate surface area is 217 Å². The van der Waals surface area contributed by atoms with E-state index < -0.39 is 3.98 Å². The Hall–Kier alpha value is -2.07. The molecule has 0 amide bonds. The van der Waals surface area contributed by atoms with Gasteiger partial charge in [0.15, 0.2) is 5.82 Å². The Kier molecular flexibility index (Phi) is 6.63. The number of hydrogen-bond acceptors (Lipinski definition) is 7. The zero-order chi connectivity index (χ0) is 24.8. The summed E-state index contributed by atoms with van der Waals surface area (Å²) in [6, 6.07) is 5.87. The number of aryl methyl sites for hydroxylation is 1. The maximum absolute atomic E-state index is 15.4. The fourth-order valence-corrected chi connectivity index (χ4v) is 5.89. The molecule has 1 aromatic carbocycles. The fraction of sp³-hybridized carbons (Fsp3) is 0.520. The van der Waals surface area contributed by atoms with Crippen LogP contribution in [0.4, 0.5) is 16.0 Å². The van der Waals surface area contributed by atoms with Crippen LogP contribution in [0.3, 0.4) is 0 Å². The van der Waals surface area contributed by atoms with Crippen LogP contribution in [0, 0.1) is 18.2 Å². The van der Waals surface area contributed by atoms with Crippen molar-refractivity contribution in [3.8, 4) is 11.1 Å². The molecule has 3 aromatic rings. The van der Waals surface area contributed by atoms with Gasteiger partial charge in [-0.3, -0.25) is 0 Å². The second-order valence-corrected chi connectivity index (χ2v) is 12.1. The van der Waals surface area contributed by atoms with Crippen molar-refractivity contribution in [2.45, 2.75) is 68.3 Å². The molecule has 2 heterocycles. The van der Waals surface area contributed by atoms with Gasteiger partial charge in [0.2, 0.25) is 5.95 Å². The van der Waals surface area contributed by atoms with E-state index in [1.165, 1.54) is 38.3 Å². The van der Waals surface area contributed by atoms with Gasteiger partial charge >= 0.3 is 0 Å². The first-order chi connectivity index (χ1) is 16.7. The monoisotopic (exact) mass is 508 g/mol. The molecule has 1 spiro atoms. The summed E-state index contributed by atoms with van der Waals surface area (Å²) in [4.78, 5) is 4.80. The molecule has 1 N–H and O–H groups in total. The number of nitrogens with zero attached hydrogens (tertiary/aromatic N) is 5. The van der Waals surface area contributed by atoms with Gasteiger partial charge in [0.1, 0.15) is 7.85 Å². The second-order valence-electron chi connectivity index (χ2n) is 10.2. The quantitative estimate of drug-likeness (QED) is 0.158. The van der Waals surface area contributed by atoms with Gasteiger partial charge in [0.05, 0.1) is 23.1 Å². The van der Waals surface area contributed by atoms with Crippen molar-refractivity contribution in [1.29, 1.82) is 0 Å². The molecule has 2 radical (unpaired) electrons. The van der Waals surface area contributed by atoms with Crippen molar-refractivity contribution in [1.82, 2.24) is 14.6 Å². The third-order valence-corrected chi connectivity index (χ3v) is 7.89. The lowest BCUT2D eigenvalue weighted by atomic mass is 9.60. The molecular formula is C25H30BFN6S2. The summed E-state index contributed by atoms with van der Waals surface area (Å²) < 4.78 is 15.8. The molecule has 2 aliphatic carbocycles. The van der Waals surface area contributed by atoms with Gasteiger partial charge in [-0.25, -0.2) is 13.9 Å². The zero-order valence-corrected chi connectivity index (χ0v) is 21.9. The van der Waals surface area contributed by atoms with Crippen LogP contribution < -0.4 is 5.32 Å². The molecule has 182 valence electrons. The number of aromatic nitrogens is 3. The zero-order valence-electron chi connectivity index (χ0n) is 20.1. The first-order valence-electron chi connectivity index (χ1n) is 12.2. The molecule has 5 rings (SSSR count). The van der Waals surface area contributed by atoms with Crippen LogP contribution in [0.1, 0.15) is 56.2 Å². The van der Waals surface area contributed by atoms with E-state index >= 15 is 4.39 Å². The molecule has 2 aromatic heterocycles. The molecular weight excluding hydrogens is 478 g/mol. The predicted octanol–water partition coefficient (Wildman–Crippen LogP) is 6.31. The van der Waals surface area contributed by atoms with E-state index in [0.29, 0.717) is 39.7 Å². The van der Waals surface area contributed by atoms with E-state index in [0.717, 1.165) is 24.1 Å². The molecule has 2 fully saturated rings. The van der Waals surface area contributed by atoms with Crippen LogP contribution >= 0.6 is 25.3 Å². The second kappa shape index (κ2) is 9.43. The molecule has 0 aliphatic heterocycles. The van der Waals surface area contributed by atoms with Crippen LogP contribution in [0.2, 0.25) is 0 Å². The summed E-state index contributed by atoms with van der Waals surface area (Å²) >= 11 is 8.82. The van der Waals surface area contributed by atoms with Crippen LogP contribution in [0.25, 0.3) is 16.6 Å². The van der Waals surface area contributed by atoms with E-state index in [1.807, 2.05) is 25.1 Å². The average molecular weight is 509 g/mol. The maximum Gasteiger partial charge on any atom is 0.241 e. The number of fused-ring (bicyclic) bond motifs is 1. The summed E-state index contributed by atoms with van der Waals surface area (Å²) in [5.41, 5.74) is 4.50. The lowest BCUT2D eigenvalue weighted by molar-refractivity contribution is 0.0729. The van der Waals surface area contributed by atoms with Crippen molar-refractivity contribution in [2.24, 2.45) is 15.6 Å². The molecule has 2 saturated carbocycles. The number of azo groups is 1. The molecule has 2 aliphatic rings. The predicted molar refractivity (Wildman–Crippen MR) is 146 cm³/mol. The minimum absolute atomic E-state index is 0.227. The highest BCUT2D eigenvalue weighted by atomic mass is 32.2. The third-order valence-electron chi connectivity index (χ3n) is 7.57. The van der Waals surface area contributed by atoms with Gasteiger partial charge in [-0.05, 0) is 74.1 Å². The molecule has 6 nitrogen and oxygen atoms in total. The normalized spacial score (nSPS) is 18.4. The van der Waals surface area contributed by atoms with Crippen LogP contribution in [0.15, 0.2) is 34.6 Å². The van der Waals surface area contributed by atoms with E-state index in [2.05, 4.69) is 45.9 Å². The summed E-state index contributed by atoms with van der Waals surface area (Å²) in [6.45, 7) is 1.92. The number of hydrogen-bond donors (Lipinski definition) is 3. The molecule has 0 bridgehead atoms. The van der Waals surface area contributed by atoms with Crippen molar-refractivity contribution >= 4 is 50.3 Å². The van der Waals surface area contributed by atoms with Gasteiger partial charge in [-0.15, -0.1) is 5.10 Å². The maximum atomic E-state index is 15.4. The Morgan fingerprint density at radius 3 is 2.60 bits per heavy atom. The molecule has 0 saturated heterocycles. The smallest absolute Gasteiger partial charge is 0.241 e. The Balaban J connectivity index is 1.52.